The summed E-state index contributed by atoms with van der Waals surface area (Å²) in [5.41, 5.74) is -0.616. The maximum Gasteiger partial charge on any atom is 0.309 e. The largest absolute Gasteiger partial charge is 0.481 e. The molecule has 0 aromatic carbocycles. The molecule has 12 heavy (non-hydrogen) atoms. The van der Waals surface area contributed by atoms with Crippen LogP contribution in [0.15, 0.2) is 0 Å². The Morgan fingerprint density at radius 3 is 2.42 bits per heavy atom. The van der Waals surface area contributed by atoms with Gasteiger partial charge >= 0.3 is 5.97 Å². The van der Waals surface area contributed by atoms with Crippen molar-refractivity contribution in [2.75, 3.05) is 13.2 Å². The normalized spacial score (nSPS) is 15.6. The van der Waals surface area contributed by atoms with Gasteiger partial charge in [0.15, 0.2) is 0 Å². The number of carboxylic acids is 1. The zero-order valence-corrected chi connectivity index (χ0v) is 8.09. The van der Waals surface area contributed by atoms with Crippen LogP contribution in [-0.4, -0.2) is 24.3 Å². The lowest BCUT2D eigenvalue weighted by atomic mass is 9.84. The summed E-state index contributed by atoms with van der Waals surface area (Å²) in [6.07, 6.45) is 1.24. The summed E-state index contributed by atoms with van der Waals surface area (Å²) in [4.78, 5) is 10.8. The Hall–Kier alpha value is -0.570. The van der Waals surface area contributed by atoms with Crippen LogP contribution in [-0.2, 0) is 9.53 Å². The highest BCUT2D eigenvalue weighted by Gasteiger charge is 2.30. The molecule has 0 amide bonds. The number of ether oxygens (including phenoxy) is 1. The minimum Gasteiger partial charge on any atom is -0.481 e. The Labute approximate surface area is 73.7 Å². The van der Waals surface area contributed by atoms with Crippen molar-refractivity contribution in [3.05, 3.63) is 0 Å². The van der Waals surface area contributed by atoms with Crippen molar-refractivity contribution < 1.29 is 14.6 Å². The predicted molar refractivity (Wildman–Crippen MR) is 47.1 cm³/mol. The van der Waals surface area contributed by atoms with Crippen LogP contribution in [0.3, 0.4) is 0 Å². The van der Waals surface area contributed by atoms with Crippen molar-refractivity contribution in [3.63, 3.8) is 0 Å². The summed E-state index contributed by atoms with van der Waals surface area (Å²) in [7, 11) is 0. The number of rotatable bonds is 6. The van der Waals surface area contributed by atoms with Crippen molar-refractivity contribution in [3.8, 4) is 0 Å². The third kappa shape index (κ3) is 3.22. The molecule has 72 valence electrons. The van der Waals surface area contributed by atoms with Crippen molar-refractivity contribution >= 4 is 5.97 Å². The minimum atomic E-state index is -0.732. The van der Waals surface area contributed by atoms with Gasteiger partial charge in [0.25, 0.3) is 0 Å². The molecule has 1 N–H and O–H groups in total. The van der Waals surface area contributed by atoms with Gasteiger partial charge in [-0.25, -0.2) is 0 Å². The number of carbonyl (C=O) groups is 1. The monoisotopic (exact) mass is 174 g/mol. The highest BCUT2D eigenvalue weighted by Crippen LogP contribution is 2.25. The van der Waals surface area contributed by atoms with E-state index in [9.17, 15) is 4.79 Å². The molecule has 0 rings (SSSR count). The fraction of sp³-hybridized carbons (Fsp3) is 0.889. The lowest BCUT2D eigenvalue weighted by Gasteiger charge is -2.22. The second kappa shape index (κ2) is 5.14. The van der Waals surface area contributed by atoms with Crippen LogP contribution in [0.5, 0.6) is 0 Å². The maximum atomic E-state index is 10.8. The van der Waals surface area contributed by atoms with Crippen LogP contribution < -0.4 is 0 Å². The van der Waals surface area contributed by atoms with Crippen molar-refractivity contribution in [2.45, 2.75) is 33.6 Å². The van der Waals surface area contributed by atoms with Gasteiger partial charge in [-0.2, -0.15) is 0 Å². The Morgan fingerprint density at radius 1 is 1.50 bits per heavy atom. The van der Waals surface area contributed by atoms with Crippen molar-refractivity contribution in [2.24, 2.45) is 5.41 Å². The van der Waals surface area contributed by atoms with E-state index in [1.807, 2.05) is 13.8 Å². The molecule has 1 unspecified atom stereocenters. The summed E-state index contributed by atoms with van der Waals surface area (Å²) in [6.45, 7) is 6.74. The molecular weight excluding hydrogens is 156 g/mol. The van der Waals surface area contributed by atoms with Crippen molar-refractivity contribution in [1.29, 1.82) is 0 Å². The van der Waals surface area contributed by atoms with E-state index in [0.717, 1.165) is 0 Å². The fourth-order valence-corrected chi connectivity index (χ4v) is 0.877. The zero-order valence-electron chi connectivity index (χ0n) is 8.09. The second-order valence-corrected chi connectivity index (χ2v) is 3.17. The van der Waals surface area contributed by atoms with Crippen LogP contribution in [0.2, 0.25) is 0 Å². The lowest BCUT2D eigenvalue weighted by molar-refractivity contribution is -0.149. The first kappa shape index (κ1) is 11.4. The topological polar surface area (TPSA) is 46.5 Å². The van der Waals surface area contributed by atoms with E-state index < -0.39 is 11.4 Å². The second-order valence-electron chi connectivity index (χ2n) is 3.17. The predicted octanol–water partition coefficient (Wildman–Crippen LogP) is 1.91. The molecule has 0 heterocycles. The van der Waals surface area contributed by atoms with Gasteiger partial charge in [-0.05, 0) is 26.7 Å². The molecule has 0 bridgehead atoms. The number of carboxylic acid groups (broad SMARTS) is 1. The molecule has 0 aliphatic carbocycles. The van der Waals surface area contributed by atoms with Gasteiger partial charge in [0.1, 0.15) is 0 Å². The molecule has 0 aromatic heterocycles. The molecule has 0 fully saturated rings. The van der Waals surface area contributed by atoms with E-state index >= 15 is 0 Å². The van der Waals surface area contributed by atoms with E-state index in [1.54, 1.807) is 6.92 Å². The highest BCUT2D eigenvalue weighted by molar-refractivity contribution is 5.73. The van der Waals surface area contributed by atoms with E-state index in [-0.39, 0.29) is 0 Å². The zero-order chi connectivity index (χ0) is 9.61. The van der Waals surface area contributed by atoms with Crippen LogP contribution in [0, 0.1) is 5.41 Å². The Kier molecular flexibility index (Phi) is 4.90. The Balaban J connectivity index is 3.88. The molecule has 0 spiro atoms. The van der Waals surface area contributed by atoms with Gasteiger partial charge in [-0.15, -0.1) is 0 Å². The molecule has 0 aliphatic rings. The van der Waals surface area contributed by atoms with Gasteiger partial charge in [0.05, 0.1) is 5.41 Å². The van der Waals surface area contributed by atoms with E-state index in [2.05, 4.69) is 0 Å². The van der Waals surface area contributed by atoms with Gasteiger partial charge in [-0.3, -0.25) is 4.79 Å². The third-order valence-corrected chi connectivity index (χ3v) is 2.30. The first-order valence-electron chi connectivity index (χ1n) is 4.38. The number of aliphatic carboxylic acids is 1. The molecule has 0 radical (unpaired) electrons. The average molecular weight is 174 g/mol. The Bertz CT molecular complexity index is 145. The summed E-state index contributed by atoms with van der Waals surface area (Å²) < 4.78 is 5.12. The van der Waals surface area contributed by atoms with Crippen molar-refractivity contribution in [1.82, 2.24) is 0 Å². The molecule has 0 saturated carbocycles. The van der Waals surface area contributed by atoms with E-state index in [4.69, 9.17) is 9.84 Å². The molecule has 0 aliphatic heterocycles. The first-order chi connectivity index (χ1) is 5.56. The third-order valence-electron chi connectivity index (χ3n) is 2.30. The summed E-state index contributed by atoms with van der Waals surface area (Å²) >= 11 is 0. The lowest BCUT2D eigenvalue weighted by Crippen LogP contribution is -2.28. The first-order valence-corrected chi connectivity index (χ1v) is 4.38. The van der Waals surface area contributed by atoms with Gasteiger partial charge in [0, 0.05) is 13.2 Å². The SMILES string of the molecule is CCOCCC(C)(CC)C(=O)O. The van der Waals surface area contributed by atoms with Crippen LogP contribution in [0.25, 0.3) is 0 Å². The smallest absolute Gasteiger partial charge is 0.309 e. The maximum absolute atomic E-state index is 10.8. The summed E-state index contributed by atoms with van der Waals surface area (Å²) in [5, 5.41) is 8.88. The van der Waals surface area contributed by atoms with Gasteiger partial charge < -0.3 is 9.84 Å². The van der Waals surface area contributed by atoms with Crippen LogP contribution in [0.1, 0.15) is 33.6 Å². The van der Waals surface area contributed by atoms with Crippen LogP contribution >= 0.6 is 0 Å². The quantitative estimate of drug-likeness (QED) is 0.626. The molecule has 0 saturated heterocycles. The summed E-state index contributed by atoms with van der Waals surface area (Å²) in [6, 6.07) is 0. The van der Waals surface area contributed by atoms with E-state index in [1.165, 1.54) is 0 Å². The fourth-order valence-electron chi connectivity index (χ4n) is 0.877. The number of hydrogen-bond acceptors (Lipinski definition) is 2. The average Bonchev–Trinajstić information content (AvgIpc) is 2.04. The van der Waals surface area contributed by atoms with Gasteiger partial charge in [0.2, 0.25) is 0 Å². The molecule has 3 heteroatoms. The van der Waals surface area contributed by atoms with Crippen LogP contribution in [0.4, 0.5) is 0 Å². The molecule has 1 atom stereocenters. The molecule has 3 nitrogen and oxygen atoms in total. The van der Waals surface area contributed by atoms with E-state index in [0.29, 0.717) is 26.1 Å². The van der Waals surface area contributed by atoms with Gasteiger partial charge in [-0.1, -0.05) is 6.92 Å². The highest BCUT2D eigenvalue weighted by atomic mass is 16.5. The molecular formula is C9H18O3. The minimum absolute atomic E-state index is 0.535. The standard InChI is InChI=1S/C9H18O3/c1-4-9(3,8(10)11)6-7-12-5-2/h4-7H2,1-3H3,(H,10,11). The molecule has 0 aromatic rings. The summed E-state index contributed by atoms with van der Waals surface area (Å²) in [5.74, 6) is -0.732. The Morgan fingerprint density at radius 2 is 2.08 bits per heavy atom. The number of hydrogen-bond donors (Lipinski definition) is 1.